The van der Waals surface area contributed by atoms with Crippen LogP contribution < -0.4 is 5.32 Å². The van der Waals surface area contributed by atoms with E-state index in [9.17, 15) is 13.2 Å². The van der Waals surface area contributed by atoms with Gasteiger partial charge >= 0.3 is 0 Å². The average molecular weight is 359 g/mol. The van der Waals surface area contributed by atoms with Crippen LogP contribution >= 0.6 is 0 Å². The van der Waals surface area contributed by atoms with Crippen LogP contribution in [-0.2, 0) is 10.0 Å². The van der Waals surface area contributed by atoms with Crippen molar-refractivity contribution in [2.75, 3.05) is 18.4 Å². The van der Waals surface area contributed by atoms with E-state index in [2.05, 4.69) is 10.3 Å². The maximum Gasteiger partial charge on any atom is 0.257 e. The molecule has 1 aliphatic rings. The van der Waals surface area contributed by atoms with E-state index in [0.717, 1.165) is 19.3 Å². The van der Waals surface area contributed by atoms with Gasteiger partial charge in [-0.1, -0.05) is 12.5 Å². The molecule has 0 atom stereocenters. The molecule has 2 aromatic rings. The quantitative estimate of drug-likeness (QED) is 0.910. The van der Waals surface area contributed by atoms with Crippen molar-refractivity contribution in [3.63, 3.8) is 0 Å². The molecule has 7 heteroatoms. The van der Waals surface area contributed by atoms with Gasteiger partial charge in [-0.05, 0) is 49.6 Å². The van der Waals surface area contributed by atoms with Crippen molar-refractivity contribution in [1.82, 2.24) is 9.29 Å². The minimum atomic E-state index is -3.55. The number of pyridine rings is 1. The van der Waals surface area contributed by atoms with Crippen molar-refractivity contribution in [2.45, 2.75) is 31.1 Å². The molecule has 0 unspecified atom stereocenters. The number of piperidine rings is 1. The van der Waals surface area contributed by atoms with Crippen molar-refractivity contribution in [3.8, 4) is 0 Å². The average Bonchev–Trinajstić information content (AvgIpc) is 2.64. The summed E-state index contributed by atoms with van der Waals surface area (Å²) in [5.41, 5.74) is 1.54. The highest BCUT2D eigenvalue weighted by atomic mass is 32.2. The molecule has 6 nitrogen and oxygen atoms in total. The van der Waals surface area contributed by atoms with Crippen molar-refractivity contribution >= 4 is 21.6 Å². The number of anilines is 1. The molecule has 25 heavy (non-hydrogen) atoms. The molecule has 0 bridgehead atoms. The number of aryl methyl sites for hydroxylation is 1. The summed E-state index contributed by atoms with van der Waals surface area (Å²) in [5.74, 6) is -0.321. The third-order valence-electron chi connectivity index (χ3n) is 4.30. The topological polar surface area (TPSA) is 79.4 Å². The molecule has 0 aliphatic carbocycles. The lowest BCUT2D eigenvalue weighted by atomic mass is 10.2. The zero-order valence-electron chi connectivity index (χ0n) is 14.1. The Bertz CT molecular complexity index is 860. The molecular weight excluding hydrogens is 338 g/mol. The molecule has 1 aromatic heterocycles. The van der Waals surface area contributed by atoms with Crippen LogP contribution in [-0.4, -0.2) is 36.7 Å². The van der Waals surface area contributed by atoms with E-state index in [4.69, 9.17) is 0 Å². The fraction of sp³-hybridized carbons (Fsp3) is 0.333. The first kappa shape index (κ1) is 17.6. The second kappa shape index (κ2) is 7.33. The Morgan fingerprint density at radius 1 is 1.16 bits per heavy atom. The predicted molar refractivity (Wildman–Crippen MR) is 96.0 cm³/mol. The molecular formula is C18H21N3O3S. The van der Waals surface area contributed by atoms with E-state index in [-0.39, 0.29) is 10.8 Å². The number of nitrogens with zero attached hydrogens (tertiary/aromatic N) is 2. The smallest absolute Gasteiger partial charge is 0.257 e. The number of hydrogen-bond donors (Lipinski definition) is 1. The van der Waals surface area contributed by atoms with Gasteiger partial charge in [-0.2, -0.15) is 4.31 Å². The molecule has 1 saturated heterocycles. The van der Waals surface area contributed by atoms with Crippen LogP contribution in [0, 0.1) is 6.92 Å². The minimum absolute atomic E-state index is 0.249. The van der Waals surface area contributed by atoms with E-state index < -0.39 is 10.0 Å². The molecule has 2 heterocycles. The summed E-state index contributed by atoms with van der Waals surface area (Å²) in [4.78, 5) is 16.4. The monoisotopic (exact) mass is 359 g/mol. The Kier molecular flexibility index (Phi) is 5.15. The first-order valence-corrected chi connectivity index (χ1v) is 9.75. The molecule has 1 aromatic carbocycles. The summed E-state index contributed by atoms with van der Waals surface area (Å²) in [6, 6.07) is 8.29. The molecule has 1 N–H and O–H groups in total. The highest BCUT2D eigenvalue weighted by Crippen LogP contribution is 2.26. The van der Waals surface area contributed by atoms with E-state index in [1.807, 2.05) is 0 Å². The SMILES string of the molecule is Cc1ccc(NC(=O)c2cccnc2)cc1S(=O)(=O)N1CCCCC1. The standard InChI is InChI=1S/C18H21N3O3S/c1-14-7-8-16(20-18(22)15-6-5-9-19-13-15)12-17(14)25(23,24)21-10-3-2-4-11-21/h5-9,12-13H,2-4,10-11H2,1H3,(H,20,22). The van der Waals surface area contributed by atoms with Crippen LogP contribution in [0.3, 0.4) is 0 Å². The molecule has 1 aliphatic heterocycles. The Labute approximate surface area is 147 Å². The molecule has 132 valence electrons. The highest BCUT2D eigenvalue weighted by Gasteiger charge is 2.27. The van der Waals surface area contributed by atoms with Crippen molar-refractivity contribution in [3.05, 3.63) is 53.9 Å². The number of carbonyl (C=O) groups excluding carboxylic acids is 1. The summed E-state index contributed by atoms with van der Waals surface area (Å²) in [5, 5.41) is 2.74. The Balaban J connectivity index is 1.86. The molecule has 0 spiro atoms. The van der Waals surface area contributed by atoms with E-state index >= 15 is 0 Å². The van der Waals surface area contributed by atoms with Gasteiger partial charge in [-0.25, -0.2) is 8.42 Å². The first-order valence-electron chi connectivity index (χ1n) is 8.31. The van der Waals surface area contributed by atoms with Crippen molar-refractivity contribution < 1.29 is 13.2 Å². The number of sulfonamides is 1. The normalized spacial score (nSPS) is 15.7. The van der Waals surface area contributed by atoms with Crippen LogP contribution in [0.25, 0.3) is 0 Å². The summed E-state index contributed by atoms with van der Waals surface area (Å²) in [6.45, 7) is 2.87. The van der Waals surface area contributed by atoms with Gasteiger partial charge in [-0.15, -0.1) is 0 Å². The summed E-state index contributed by atoms with van der Waals surface area (Å²) < 4.78 is 27.4. The summed E-state index contributed by atoms with van der Waals surface area (Å²) in [7, 11) is -3.55. The number of benzene rings is 1. The lowest BCUT2D eigenvalue weighted by Gasteiger charge is -2.26. The largest absolute Gasteiger partial charge is 0.322 e. The van der Waals surface area contributed by atoms with Gasteiger partial charge in [-0.3, -0.25) is 9.78 Å². The lowest BCUT2D eigenvalue weighted by Crippen LogP contribution is -2.36. The first-order chi connectivity index (χ1) is 12.0. The van der Waals surface area contributed by atoms with E-state index in [0.29, 0.717) is 29.9 Å². The Morgan fingerprint density at radius 2 is 1.92 bits per heavy atom. The van der Waals surface area contributed by atoms with Gasteiger partial charge in [0.25, 0.3) is 5.91 Å². The maximum absolute atomic E-state index is 12.9. The van der Waals surface area contributed by atoms with Gasteiger partial charge in [0.05, 0.1) is 10.5 Å². The van der Waals surface area contributed by atoms with Crippen LogP contribution in [0.4, 0.5) is 5.69 Å². The lowest BCUT2D eigenvalue weighted by molar-refractivity contribution is 0.102. The third kappa shape index (κ3) is 3.88. The molecule has 3 rings (SSSR count). The second-order valence-corrected chi connectivity index (χ2v) is 8.05. The minimum Gasteiger partial charge on any atom is -0.322 e. The molecule has 1 amide bonds. The number of nitrogens with one attached hydrogen (secondary N) is 1. The number of amides is 1. The maximum atomic E-state index is 12.9. The summed E-state index contributed by atoms with van der Waals surface area (Å²) in [6.07, 6.45) is 5.89. The third-order valence-corrected chi connectivity index (χ3v) is 6.34. The number of rotatable bonds is 4. The van der Waals surface area contributed by atoms with Gasteiger partial charge in [0.1, 0.15) is 0 Å². The number of carbonyl (C=O) groups is 1. The summed E-state index contributed by atoms with van der Waals surface area (Å²) >= 11 is 0. The molecule has 0 saturated carbocycles. The van der Waals surface area contributed by atoms with Crippen LogP contribution in [0.15, 0.2) is 47.6 Å². The van der Waals surface area contributed by atoms with Crippen molar-refractivity contribution in [2.24, 2.45) is 0 Å². The molecule has 1 fully saturated rings. The highest BCUT2D eigenvalue weighted by molar-refractivity contribution is 7.89. The second-order valence-electron chi connectivity index (χ2n) is 6.14. The van der Waals surface area contributed by atoms with Gasteiger partial charge in [0.2, 0.25) is 10.0 Å². The Hall–Kier alpha value is -2.25. The number of aromatic nitrogens is 1. The van der Waals surface area contributed by atoms with Crippen LogP contribution in [0.5, 0.6) is 0 Å². The van der Waals surface area contributed by atoms with Crippen molar-refractivity contribution in [1.29, 1.82) is 0 Å². The van der Waals surface area contributed by atoms with E-state index in [1.165, 1.54) is 16.6 Å². The zero-order valence-corrected chi connectivity index (χ0v) is 14.9. The Morgan fingerprint density at radius 3 is 2.60 bits per heavy atom. The van der Waals surface area contributed by atoms with Crippen LogP contribution in [0.1, 0.15) is 35.2 Å². The fourth-order valence-electron chi connectivity index (χ4n) is 2.90. The molecule has 0 radical (unpaired) electrons. The fourth-order valence-corrected chi connectivity index (χ4v) is 4.67. The van der Waals surface area contributed by atoms with Gasteiger partial charge in [0, 0.05) is 31.2 Å². The zero-order chi connectivity index (χ0) is 17.9. The van der Waals surface area contributed by atoms with Crippen LogP contribution in [0.2, 0.25) is 0 Å². The van der Waals surface area contributed by atoms with E-state index in [1.54, 1.807) is 37.4 Å². The van der Waals surface area contributed by atoms with Gasteiger partial charge < -0.3 is 5.32 Å². The predicted octanol–water partition coefficient (Wildman–Crippen LogP) is 2.82. The van der Waals surface area contributed by atoms with Gasteiger partial charge in [0.15, 0.2) is 0 Å². The number of hydrogen-bond acceptors (Lipinski definition) is 4.